The third-order valence-electron chi connectivity index (χ3n) is 3.35. The Morgan fingerprint density at radius 1 is 1.26 bits per heavy atom. The van der Waals surface area contributed by atoms with E-state index in [0.29, 0.717) is 11.6 Å². The van der Waals surface area contributed by atoms with Gasteiger partial charge in [-0.15, -0.1) is 11.3 Å². The first kappa shape index (κ1) is 14.2. The molecule has 1 aromatic carbocycles. The third kappa shape index (κ3) is 3.23. The lowest BCUT2D eigenvalue weighted by Gasteiger charge is -2.12. The van der Waals surface area contributed by atoms with Crippen LogP contribution >= 0.6 is 11.3 Å². The van der Waals surface area contributed by atoms with Gasteiger partial charge in [0.05, 0.1) is 0 Å². The lowest BCUT2D eigenvalue weighted by atomic mass is 10.1. The van der Waals surface area contributed by atoms with Gasteiger partial charge in [-0.2, -0.15) is 0 Å². The second-order valence-corrected chi connectivity index (χ2v) is 5.91. The fraction of sp³-hybridized carbons (Fsp3) is 0.375. The summed E-state index contributed by atoms with van der Waals surface area (Å²) in [4.78, 5) is 2.45. The standard InChI is InChI=1S/C16H20FNS/c1-4-5-14(18-3)16-9-8-15(19-16)12-7-6-11(2)13(17)10-12/h6-10,14,18H,4-5H2,1-3H3. The number of benzene rings is 1. The van der Waals surface area contributed by atoms with Crippen molar-refractivity contribution in [2.75, 3.05) is 7.05 Å². The number of halogens is 1. The molecule has 102 valence electrons. The quantitative estimate of drug-likeness (QED) is 0.817. The van der Waals surface area contributed by atoms with Crippen molar-refractivity contribution in [1.82, 2.24) is 5.32 Å². The molecule has 0 aliphatic rings. The minimum absolute atomic E-state index is 0.133. The van der Waals surface area contributed by atoms with Crippen LogP contribution in [-0.4, -0.2) is 7.05 Å². The molecule has 0 fully saturated rings. The van der Waals surface area contributed by atoms with E-state index in [2.05, 4.69) is 24.4 Å². The van der Waals surface area contributed by atoms with Gasteiger partial charge in [-0.3, -0.25) is 0 Å². The summed E-state index contributed by atoms with van der Waals surface area (Å²) in [6.07, 6.45) is 2.27. The first-order valence-electron chi connectivity index (χ1n) is 6.69. The molecule has 1 heterocycles. The minimum atomic E-state index is -0.133. The second-order valence-electron chi connectivity index (χ2n) is 4.80. The van der Waals surface area contributed by atoms with Gasteiger partial charge in [0, 0.05) is 15.8 Å². The van der Waals surface area contributed by atoms with Gasteiger partial charge in [0.15, 0.2) is 0 Å². The lowest BCUT2D eigenvalue weighted by Crippen LogP contribution is -2.14. The smallest absolute Gasteiger partial charge is 0.126 e. The van der Waals surface area contributed by atoms with Crippen molar-refractivity contribution < 1.29 is 4.39 Å². The van der Waals surface area contributed by atoms with E-state index in [-0.39, 0.29) is 5.82 Å². The van der Waals surface area contributed by atoms with Crippen molar-refractivity contribution >= 4 is 11.3 Å². The highest BCUT2D eigenvalue weighted by atomic mass is 32.1. The van der Waals surface area contributed by atoms with Gasteiger partial charge in [-0.05, 0) is 49.7 Å². The van der Waals surface area contributed by atoms with E-state index in [9.17, 15) is 4.39 Å². The van der Waals surface area contributed by atoms with Crippen molar-refractivity contribution in [3.63, 3.8) is 0 Å². The average molecular weight is 277 g/mol. The predicted molar refractivity (Wildman–Crippen MR) is 81.2 cm³/mol. The van der Waals surface area contributed by atoms with Crippen molar-refractivity contribution in [3.05, 3.63) is 46.6 Å². The minimum Gasteiger partial charge on any atom is -0.312 e. The summed E-state index contributed by atoms with van der Waals surface area (Å²) >= 11 is 1.74. The van der Waals surface area contributed by atoms with Crippen LogP contribution in [0.3, 0.4) is 0 Å². The maximum atomic E-state index is 13.6. The van der Waals surface area contributed by atoms with Gasteiger partial charge in [-0.25, -0.2) is 4.39 Å². The fourth-order valence-corrected chi connectivity index (χ4v) is 3.31. The first-order chi connectivity index (χ1) is 9.15. The molecule has 0 aliphatic heterocycles. The summed E-state index contributed by atoms with van der Waals surface area (Å²) in [5.41, 5.74) is 1.66. The van der Waals surface area contributed by atoms with Crippen LogP contribution in [0.5, 0.6) is 0 Å². The Morgan fingerprint density at radius 3 is 2.68 bits per heavy atom. The van der Waals surface area contributed by atoms with Gasteiger partial charge >= 0.3 is 0 Å². The summed E-state index contributed by atoms with van der Waals surface area (Å²) in [6, 6.07) is 10.1. The molecule has 0 amide bonds. The number of rotatable bonds is 5. The predicted octanol–water partition coefficient (Wildman–Crippen LogP) is 4.92. The van der Waals surface area contributed by atoms with Crippen LogP contribution < -0.4 is 5.32 Å². The molecule has 2 rings (SSSR count). The Hall–Kier alpha value is -1.19. The molecular formula is C16H20FNS. The Labute approximate surface area is 118 Å². The molecule has 1 atom stereocenters. The van der Waals surface area contributed by atoms with E-state index < -0.39 is 0 Å². The summed E-state index contributed by atoms with van der Waals surface area (Å²) in [6.45, 7) is 3.98. The zero-order valence-corrected chi connectivity index (χ0v) is 12.5. The van der Waals surface area contributed by atoms with Crippen LogP contribution in [0.15, 0.2) is 30.3 Å². The maximum Gasteiger partial charge on any atom is 0.126 e. The van der Waals surface area contributed by atoms with E-state index in [1.807, 2.05) is 19.2 Å². The highest BCUT2D eigenvalue weighted by molar-refractivity contribution is 7.15. The van der Waals surface area contributed by atoms with Crippen LogP contribution in [0.2, 0.25) is 0 Å². The largest absolute Gasteiger partial charge is 0.312 e. The van der Waals surface area contributed by atoms with Gasteiger partial charge < -0.3 is 5.32 Å². The summed E-state index contributed by atoms with van der Waals surface area (Å²) in [5.74, 6) is -0.133. The summed E-state index contributed by atoms with van der Waals surface area (Å²) in [7, 11) is 1.99. The molecule has 0 aliphatic carbocycles. The van der Waals surface area contributed by atoms with Crippen molar-refractivity contribution in [2.24, 2.45) is 0 Å². The molecule has 0 radical (unpaired) electrons. The summed E-state index contributed by atoms with van der Waals surface area (Å²) in [5, 5.41) is 3.34. The molecule has 0 saturated heterocycles. The van der Waals surface area contributed by atoms with E-state index >= 15 is 0 Å². The third-order valence-corrected chi connectivity index (χ3v) is 4.60. The van der Waals surface area contributed by atoms with Gasteiger partial charge in [0.1, 0.15) is 5.82 Å². The molecule has 3 heteroatoms. The van der Waals surface area contributed by atoms with Gasteiger partial charge in [0.25, 0.3) is 0 Å². The molecule has 0 spiro atoms. The lowest BCUT2D eigenvalue weighted by molar-refractivity contribution is 0.550. The highest BCUT2D eigenvalue weighted by Crippen LogP contribution is 2.33. The highest BCUT2D eigenvalue weighted by Gasteiger charge is 2.12. The van der Waals surface area contributed by atoms with Crippen molar-refractivity contribution in [2.45, 2.75) is 32.7 Å². The van der Waals surface area contributed by atoms with E-state index in [4.69, 9.17) is 0 Å². The van der Waals surface area contributed by atoms with Gasteiger partial charge in [-0.1, -0.05) is 25.5 Å². The Bertz CT molecular complexity index is 547. The zero-order chi connectivity index (χ0) is 13.8. The molecule has 0 saturated carbocycles. The molecular weight excluding hydrogens is 257 g/mol. The Kier molecular flexibility index (Phi) is 4.72. The average Bonchev–Trinajstić information content (AvgIpc) is 2.88. The molecule has 1 nitrogen and oxygen atoms in total. The first-order valence-corrected chi connectivity index (χ1v) is 7.51. The van der Waals surface area contributed by atoms with Crippen molar-refractivity contribution in [3.8, 4) is 10.4 Å². The molecule has 2 aromatic rings. The zero-order valence-electron chi connectivity index (χ0n) is 11.7. The number of aryl methyl sites for hydroxylation is 1. The summed E-state index contributed by atoms with van der Waals surface area (Å²) < 4.78 is 13.6. The SMILES string of the molecule is CCCC(NC)c1ccc(-c2ccc(C)c(F)c2)s1. The van der Waals surface area contributed by atoms with Crippen molar-refractivity contribution in [1.29, 1.82) is 0 Å². The number of thiophene rings is 1. The molecule has 0 bridgehead atoms. The monoisotopic (exact) mass is 277 g/mol. The number of nitrogens with one attached hydrogen (secondary N) is 1. The van der Waals surface area contributed by atoms with Crippen LogP contribution in [0.4, 0.5) is 4.39 Å². The number of hydrogen-bond donors (Lipinski definition) is 1. The molecule has 1 N–H and O–H groups in total. The van der Waals surface area contributed by atoms with Crippen LogP contribution in [0.25, 0.3) is 10.4 Å². The molecule has 1 unspecified atom stereocenters. The Morgan fingerprint density at radius 2 is 2.05 bits per heavy atom. The second kappa shape index (κ2) is 6.31. The molecule has 19 heavy (non-hydrogen) atoms. The van der Waals surface area contributed by atoms with E-state index in [0.717, 1.165) is 23.3 Å². The normalized spacial score (nSPS) is 12.6. The topological polar surface area (TPSA) is 12.0 Å². The van der Waals surface area contributed by atoms with E-state index in [1.165, 1.54) is 4.88 Å². The van der Waals surface area contributed by atoms with Gasteiger partial charge in [0.2, 0.25) is 0 Å². The number of hydrogen-bond acceptors (Lipinski definition) is 2. The maximum absolute atomic E-state index is 13.6. The molecule has 1 aromatic heterocycles. The fourth-order valence-electron chi connectivity index (χ4n) is 2.16. The van der Waals surface area contributed by atoms with Crippen LogP contribution in [0, 0.1) is 12.7 Å². The van der Waals surface area contributed by atoms with Crippen LogP contribution in [-0.2, 0) is 0 Å². The Balaban J connectivity index is 2.27. The van der Waals surface area contributed by atoms with Crippen LogP contribution in [0.1, 0.15) is 36.2 Å². The van der Waals surface area contributed by atoms with E-state index in [1.54, 1.807) is 24.3 Å².